The Morgan fingerprint density at radius 1 is 1.08 bits per heavy atom. The van der Waals surface area contributed by atoms with E-state index < -0.39 is 0 Å². The minimum absolute atomic E-state index is 0.0509. The molecule has 24 heavy (non-hydrogen) atoms. The molecule has 0 saturated heterocycles. The van der Waals surface area contributed by atoms with E-state index >= 15 is 0 Å². The van der Waals surface area contributed by atoms with Gasteiger partial charge in [0, 0.05) is 11.6 Å². The van der Waals surface area contributed by atoms with Gasteiger partial charge in [0.05, 0.1) is 22.6 Å². The summed E-state index contributed by atoms with van der Waals surface area (Å²) in [5.74, 6) is -0.0509. The molecule has 3 nitrogen and oxygen atoms in total. The highest BCUT2D eigenvalue weighted by atomic mass is 35.5. The Kier molecular flexibility index (Phi) is 6.93. The van der Waals surface area contributed by atoms with Crippen molar-refractivity contribution in [3.63, 3.8) is 0 Å². The summed E-state index contributed by atoms with van der Waals surface area (Å²) in [5.41, 5.74) is 2.02. The SMILES string of the molecule is C[C@@H](NC(=O)CN(C)Cc1ccc(Cl)cc1)c1ccc(Cl)c(Cl)c1. The quantitative estimate of drug-likeness (QED) is 0.762. The van der Waals surface area contributed by atoms with Gasteiger partial charge in [-0.3, -0.25) is 9.69 Å². The highest BCUT2D eigenvalue weighted by Gasteiger charge is 2.13. The molecule has 1 amide bonds. The van der Waals surface area contributed by atoms with E-state index in [0.717, 1.165) is 11.1 Å². The molecule has 1 atom stereocenters. The molecule has 2 rings (SSSR count). The van der Waals surface area contributed by atoms with Crippen LogP contribution in [0.3, 0.4) is 0 Å². The summed E-state index contributed by atoms with van der Waals surface area (Å²) < 4.78 is 0. The number of likely N-dealkylation sites (N-methyl/N-ethyl adjacent to an activating group) is 1. The van der Waals surface area contributed by atoms with Crippen LogP contribution in [0.25, 0.3) is 0 Å². The zero-order valence-electron chi connectivity index (χ0n) is 13.5. The first-order valence-corrected chi connectivity index (χ1v) is 8.66. The highest BCUT2D eigenvalue weighted by Crippen LogP contribution is 2.25. The molecule has 0 saturated carbocycles. The summed E-state index contributed by atoms with van der Waals surface area (Å²) in [6, 6.07) is 12.8. The molecule has 128 valence electrons. The van der Waals surface area contributed by atoms with Gasteiger partial charge in [-0.05, 0) is 49.4 Å². The van der Waals surface area contributed by atoms with Crippen LogP contribution in [0.5, 0.6) is 0 Å². The minimum Gasteiger partial charge on any atom is -0.348 e. The molecule has 0 bridgehead atoms. The lowest BCUT2D eigenvalue weighted by atomic mass is 10.1. The number of carbonyl (C=O) groups is 1. The zero-order chi connectivity index (χ0) is 17.7. The second-order valence-electron chi connectivity index (χ2n) is 5.76. The van der Waals surface area contributed by atoms with E-state index in [-0.39, 0.29) is 11.9 Å². The first-order valence-electron chi connectivity index (χ1n) is 7.52. The molecule has 0 aliphatic rings. The number of hydrogen-bond acceptors (Lipinski definition) is 2. The van der Waals surface area contributed by atoms with Crippen molar-refractivity contribution in [2.45, 2.75) is 19.5 Å². The number of amides is 1. The summed E-state index contributed by atoms with van der Waals surface area (Å²) >= 11 is 17.8. The average molecular weight is 386 g/mol. The largest absolute Gasteiger partial charge is 0.348 e. The Morgan fingerprint density at radius 3 is 2.38 bits per heavy atom. The fourth-order valence-corrected chi connectivity index (χ4v) is 2.79. The van der Waals surface area contributed by atoms with Crippen molar-refractivity contribution in [3.8, 4) is 0 Å². The highest BCUT2D eigenvalue weighted by molar-refractivity contribution is 6.42. The first kappa shape index (κ1) is 19.1. The van der Waals surface area contributed by atoms with E-state index in [9.17, 15) is 4.79 Å². The van der Waals surface area contributed by atoms with Crippen molar-refractivity contribution in [2.24, 2.45) is 0 Å². The number of benzene rings is 2. The molecular weight excluding hydrogens is 367 g/mol. The van der Waals surface area contributed by atoms with Gasteiger partial charge in [-0.15, -0.1) is 0 Å². The molecule has 0 unspecified atom stereocenters. The normalized spacial score (nSPS) is 12.2. The van der Waals surface area contributed by atoms with Crippen molar-refractivity contribution in [2.75, 3.05) is 13.6 Å². The van der Waals surface area contributed by atoms with Crippen molar-refractivity contribution < 1.29 is 4.79 Å². The number of rotatable bonds is 6. The van der Waals surface area contributed by atoms with Gasteiger partial charge in [-0.2, -0.15) is 0 Å². The number of carbonyl (C=O) groups excluding carboxylic acids is 1. The van der Waals surface area contributed by atoms with Crippen LogP contribution in [0.1, 0.15) is 24.1 Å². The van der Waals surface area contributed by atoms with Crippen LogP contribution in [0, 0.1) is 0 Å². The summed E-state index contributed by atoms with van der Waals surface area (Å²) in [6.07, 6.45) is 0. The Bertz CT molecular complexity index is 704. The minimum atomic E-state index is -0.142. The Morgan fingerprint density at radius 2 is 1.75 bits per heavy atom. The van der Waals surface area contributed by atoms with Crippen LogP contribution < -0.4 is 5.32 Å². The van der Waals surface area contributed by atoms with Gasteiger partial charge in [0.2, 0.25) is 5.91 Å². The maximum Gasteiger partial charge on any atom is 0.234 e. The summed E-state index contributed by atoms with van der Waals surface area (Å²) in [5, 5.41) is 4.65. The Balaban J connectivity index is 1.87. The third-order valence-electron chi connectivity index (χ3n) is 3.60. The fraction of sp³-hybridized carbons (Fsp3) is 0.278. The number of halogens is 3. The maximum atomic E-state index is 12.2. The van der Waals surface area contributed by atoms with Crippen LogP contribution in [-0.4, -0.2) is 24.4 Å². The molecule has 0 heterocycles. The van der Waals surface area contributed by atoms with Crippen molar-refractivity contribution in [1.82, 2.24) is 10.2 Å². The van der Waals surface area contributed by atoms with Crippen molar-refractivity contribution >= 4 is 40.7 Å². The van der Waals surface area contributed by atoms with Crippen LogP contribution in [0.4, 0.5) is 0 Å². The predicted molar refractivity (Wildman–Crippen MR) is 101 cm³/mol. The van der Waals surface area contributed by atoms with E-state index in [1.54, 1.807) is 12.1 Å². The van der Waals surface area contributed by atoms with Crippen LogP contribution in [-0.2, 0) is 11.3 Å². The second-order valence-corrected chi connectivity index (χ2v) is 7.01. The van der Waals surface area contributed by atoms with E-state index in [1.165, 1.54) is 0 Å². The summed E-state index contributed by atoms with van der Waals surface area (Å²) in [4.78, 5) is 14.1. The maximum absolute atomic E-state index is 12.2. The second kappa shape index (κ2) is 8.72. The van der Waals surface area contributed by atoms with Gasteiger partial charge in [-0.25, -0.2) is 0 Å². The molecule has 2 aromatic carbocycles. The van der Waals surface area contributed by atoms with Crippen LogP contribution >= 0.6 is 34.8 Å². The van der Waals surface area contributed by atoms with E-state index in [4.69, 9.17) is 34.8 Å². The smallest absolute Gasteiger partial charge is 0.234 e. The zero-order valence-corrected chi connectivity index (χ0v) is 15.8. The number of hydrogen-bond donors (Lipinski definition) is 1. The van der Waals surface area contributed by atoms with Gasteiger partial charge in [0.25, 0.3) is 0 Å². The number of nitrogens with zero attached hydrogens (tertiary/aromatic N) is 1. The molecular formula is C18H19Cl3N2O. The van der Waals surface area contributed by atoms with Gasteiger partial charge in [-0.1, -0.05) is 53.0 Å². The topological polar surface area (TPSA) is 32.3 Å². The average Bonchev–Trinajstić information content (AvgIpc) is 2.52. The molecule has 0 aromatic heterocycles. The molecule has 0 aliphatic heterocycles. The lowest BCUT2D eigenvalue weighted by Gasteiger charge is -2.19. The van der Waals surface area contributed by atoms with Crippen LogP contribution in [0.15, 0.2) is 42.5 Å². The van der Waals surface area contributed by atoms with Gasteiger partial charge in [0.15, 0.2) is 0 Å². The number of nitrogens with one attached hydrogen (secondary N) is 1. The third kappa shape index (κ3) is 5.67. The molecule has 6 heteroatoms. The fourth-order valence-electron chi connectivity index (χ4n) is 2.35. The van der Waals surface area contributed by atoms with Gasteiger partial charge in [0.1, 0.15) is 0 Å². The molecule has 0 aliphatic carbocycles. The molecule has 1 N–H and O–H groups in total. The van der Waals surface area contributed by atoms with E-state index in [2.05, 4.69) is 5.32 Å². The standard InChI is InChI=1S/C18H19Cl3N2O/c1-12(14-5-8-16(20)17(21)9-14)22-18(24)11-23(2)10-13-3-6-15(19)7-4-13/h3-9,12H,10-11H2,1-2H3,(H,22,24)/t12-/m1/s1. The van der Waals surface area contributed by atoms with Crippen molar-refractivity contribution in [3.05, 3.63) is 68.7 Å². The summed E-state index contributed by atoms with van der Waals surface area (Å²) in [6.45, 7) is 2.89. The first-order chi connectivity index (χ1) is 11.3. The third-order valence-corrected chi connectivity index (χ3v) is 4.59. The lowest BCUT2D eigenvalue weighted by Crippen LogP contribution is -2.36. The Hall–Kier alpha value is -1.26. The van der Waals surface area contributed by atoms with E-state index in [1.807, 2.05) is 49.2 Å². The van der Waals surface area contributed by atoms with E-state index in [0.29, 0.717) is 28.2 Å². The van der Waals surface area contributed by atoms with Gasteiger partial charge >= 0.3 is 0 Å². The molecule has 0 spiro atoms. The Labute approximate surface area is 157 Å². The van der Waals surface area contributed by atoms with Crippen molar-refractivity contribution in [1.29, 1.82) is 0 Å². The molecule has 0 radical (unpaired) electrons. The van der Waals surface area contributed by atoms with Crippen LogP contribution in [0.2, 0.25) is 15.1 Å². The predicted octanol–water partition coefficient (Wildman–Crippen LogP) is 4.96. The molecule has 0 fully saturated rings. The summed E-state index contributed by atoms with van der Waals surface area (Å²) in [7, 11) is 1.90. The monoisotopic (exact) mass is 384 g/mol. The molecule has 2 aromatic rings. The lowest BCUT2D eigenvalue weighted by molar-refractivity contribution is -0.122. The van der Waals surface area contributed by atoms with Gasteiger partial charge < -0.3 is 5.32 Å².